The monoisotopic (exact) mass is 603 g/mol. The standard InChI is InChI=1S/C28H33N3O8S2/c1-37-26-13-12-24(19-27(26)38-2)40(33,34)30-25(18-21-6-4-3-5-7-21)28(32)29-20-22-8-10-23(11-9-22)41(35,36)31-14-16-39-17-15-31/h3-13,19,25,30H,14-18,20H2,1-2H3,(H,29,32)/t25-/m0/s1. The third-order valence-corrected chi connectivity index (χ3v) is 9.94. The van der Waals surface area contributed by atoms with Gasteiger partial charge in [0.15, 0.2) is 11.5 Å². The second-order valence-corrected chi connectivity index (χ2v) is 12.9. The first-order valence-electron chi connectivity index (χ1n) is 12.9. The molecule has 0 radical (unpaired) electrons. The van der Waals surface area contributed by atoms with Crippen LogP contribution in [-0.4, -0.2) is 73.6 Å². The molecule has 41 heavy (non-hydrogen) atoms. The molecular formula is C28H33N3O8S2. The Balaban J connectivity index is 1.48. The van der Waals surface area contributed by atoms with Crippen LogP contribution in [0, 0.1) is 0 Å². The van der Waals surface area contributed by atoms with Crippen molar-refractivity contribution in [3.63, 3.8) is 0 Å². The molecule has 1 atom stereocenters. The van der Waals surface area contributed by atoms with E-state index in [9.17, 15) is 21.6 Å². The number of rotatable bonds is 12. The summed E-state index contributed by atoms with van der Waals surface area (Å²) in [5.74, 6) is 0.0650. The van der Waals surface area contributed by atoms with Crippen molar-refractivity contribution in [1.29, 1.82) is 0 Å². The van der Waals surface area contributed by atoms with Gasteiger partial charge >= 0.3 is 0 Å². The van der Waals surface area contributed by atoms with Gasteiger partial charge in [-0.3, -0.25) is 4.79 Å². The van der Waals surface area contributed by atoms with E-state index in [0.29, 0.717) is 37.6 Å². The molecule has 0 unspecified atom stereocenters. The fourth-order valence-corrected chi connectivity index (χ4v) is 6.92. The van der Waals surface area contributed by atoms with Crippen molar-refractivity contribution < 1.29 is 35.8 Å². The van der Waals surface area contributed by atoms with Gasteiger partial charge in [0.1, 0.15) is 6.04 Å². The lowest BCUT2D eigenvalue weighted by molar-refractivity contribution is -0.122. The van der Waals surface area contributed by atoms with E-state index in [0.717, 1.165) is 5.56 Å². The van der Waals surface area contributed by atoms with Gasteiger partial charge in [0.05, 0.1) is 37.2 Å². The molecule has 1 heterocycles. The number of carbonyl (C=O) groups is 1. The lowest BCUT2D eigenvalue weighted by Crippen LogP contribution is -2.47. The Labute approximate surface area is 240 Å². The van der Waals surface area contributed by atoms with Gasteiger partial charge in [-0.2, -0.15) is 9.03 Å². The van der Waals surface area contributed by atoms with Crippen molar-refractivity contribution in [3.05, 3.63) is 83.9 Å². The Morgan fingerprint density at radius 1 is 0.854 bits per heavy atom. The minimum Gasteiger partial charge on any atom is -0.493 e. The van der Waals surface area contributed by atoms with Crippen molar-refractivity contribution in [2.24, 2.45) is 0 Å². The molecule has 0 bridgehead atoms. The summed E-state index contributed by atoms with van der Waals surface area (Å²) in [5, 5.41) is 2.77. The summed E-state index contributed by atoms with van der Waals surface area (Å²) in [6.45, 7) is 1.36. The molecule has 0 aromatic heterocycles. The molecule has 220 valence electrons. The van der Waals surface area contributed by atoms with E-state index in [-0.39, 0.29) is 28.5 Å². The Morgan fingerprint density at radius 3 is 2.12 bits per heavy atom. The average molecular weight is 604 g/mol. The van der Waals surface area contributed by atoms with Crippen LogP contribution in [0.4, 0.5) is 0 Å². The highest BCUT2D eigenvalue weighted by atomic mass is 32.2. The zero-order valence-corrected chi connectivity index (χ0v) is 24.4. The lowest BCUT2D eigenvalue weighted by atomic mass is 10.1. The Kier molecular flexibility index (Phi) is 9.99. The highest BCUT2D eigenvalue weighted by molar-refractivity contribution is 7.89. The number of hydrogen-bond donors (Lipinski definition) is 2. The van der Waals surface area contributed by atoms with Crippen molar-refractivity contribution in [2.45, 2.75) is 28.8 Å². The quantitative estimate of drug-likeness (QED) is 0.320. The second-order valence-electron chi connectivity index (χ2n) is 9.26. The molecule has 1 amide bonds. The zero-order valence-electron chi connectivity index (χ0n) is 22.8. The predicted molar refractivity (Wildman–Crippen MR) is 152 cm³/mol. The van der Waals surface area contributed by atoms with Crippen LogP contribution in [0.25, 0.3) is 0 Å². The number of amides is 1. The normalized spacial score (nSPS) is 15.2. The number of nitrogens with zero attached hydrogens (tertiary/aromatic N) is 1. The number of sulfonamides is 2. The summed E-state index contributed by atoms with van der Waals surface area (Å²) in [6, 6.07) is 18.3. The van der Waals surface area contributed by atoms with E-state index in [4.69, 9.17) is 14.2 Å². The minimum absolute atomic E-state index is 0.0695. The van der Waals surface area contributed by atoms with Crippen molar-refractivity contribution in [2.75, 3.05) is 40.5 Å². The average Bonchev–Trinajstić information content (AvgIpc) is 3.00. The van der Waals surface area contributed by atoms with Gasteiger partial charge in [-0.25, -0.2) is 16.8 Å². The lowest BCUT2D eigenvalue weighted by Gasteiger charge is -2.26. The Bertz CT molecular complexity index is 1540. The van der Waals surface area contributed by atoms with Crippen molar-refractivity contribution in [1.82, 2.24) is 14.3 Å². The van der Waals surface area contributed by atoms with Crippen molar-refractivity contribution in [3.8, 4) is 11.5 Å². The van der Waals surface area contributed by atoms with Gasteiger partial charge < -0.3 is 19.5 Å². The third kappa shape index (κ3) is 7.63. The molecule has 3 aromatic rings. The van der Waals surface area contributed by atoms with Gasteiger partial charge in [-0.05, 0) is 41.8 Å². The topological polar surface area (TPSA) is 140 Å². The maximum absolute atomic E-state index is 13.3. The number of morpholine rings is 1. The van der Waals surface area contributed by atoms with E-state index in [1.54, 1.807) is 36.4 Å². The molecule has 1 aliphatic rings. The number of hydrogen-bond acceptors (Lipinski definition) is 8. The van der Waals surface area contributed by atoms with Gasteiger partial charge in [-0.1, -0.05) is 42.5 Å². The SMILES string of the molecule is COc1ccc(S(=O)(=O)N[C@@H](Cc2ccccc2)C(=O)NCc2ccc(S(=O)(=O)N3CCOCC3)cc2)cc1OC. The minimum atomic E-state index is -4.12. The smallest absolute Gasteiger partial charge is 0.243 e. The molecular weight excluding hydrogens is 570 g/mol. The van der Waals surface area contributed by atoms with Crippen LogP contribution in [0.15, 0.2) is 82.6 Å². The summed E-state index contributed by atoms with van der Waals surface area (Å²) in [4.78, 5) is 13.4. The molecule has 0 aliphatic carbocycles. The molecule has 2 N–H and O–H groups in total. The summed E-state index contributed by atoms with van der Waals surface area (Å²) in [5.41, 5.74) is 1.42. The van der Waals surface area contributed by atoms with Crippen LogP contribution in [0.2, 0.25) is 0 Å². The highest BCUT2D eigenvalue weighted by Crippen LogP contribution is 2.29. The van der Waals surface area contributed by atoms with Crippen molar-refractivity contribution >= 4 is 26.0 Å². The summed E-state index contributed by atoms with van der Waals surface area (Å²) in [6.07, 6.45) is 0.107. The number of ether oxygens (including phenoxy) is 3. The molecule has 13 heteroatoms. The summed E-state index contributed by atoms with van der Waals surface area (Å²) < 4.78 is 71.9. The van der Waals surface area contributed by atoms with Crippen LogP contribution in [0.1, 0.15) is 11.1 Å². The number of nitrogens with one attached hydrogen (secondary N) is 2. The molecule has 11 nitrogen and oxygen atoms in total. The first-order valence-corrected chi connectivity index (χ1v) is 15.8. The molecule has 0 saturated carbocycles. The Morgan fingerprint density at radius 2 is 1.49 bits per heavy atom. The first-order chi connectivity index (χ1) is 19.6. The van der Waals surface area contributed by atoms with Gasteiger partial charge in [0, 0.05) is 25.7 Å². The zero-order chi connectivity index (χ0) is 29.5. The Hall–Kier alpha value is -3.49. The van der Waals surface area contributed by atoms with E-state index >= 15 is 0 Å². The van der Waals surface area contributed by atoms with Crippen LogP contribution in [0.3, 0.4) is 0 Å². The highest BCUT2D eigenvalue weighted by Gasteiger charge is 2.28. The largest absolute Gasteiger partial charge is 0.493 e. The number of carbonyl (C=O) groups excluding carboxylic acids is 1. The first kappa shape index (κ1) is 30.5. The van der Waals surface area contributed by atoms with E-state index < -0.39 is 32.0 Å². The molecule has 4 rings (SSSR count). The summed E-state index contributed by atoms with van der Waals surface area (Å²) >= 11 is 0. The molecule has 1 aliphatic heterocycles. The van der Waals surface area contributed by atoms with E-state index in [2.05, 4.69) is 10.0 Å². The maximum atomic E-state index is 13.3. The van der Waals surface area contributed by atoms with Crippen LogP contribution >= 0.6 is 0 Å². The molecule has 1 saturated heterocycles. The summed E-state index contributed by atoms with van der Waals surface area (Å²) in [7, 11) is -4.92. The van der Waals surface area contributed by atoms with Crippen LogP contribution in [0.5, 0.6) is 11.5 Å². The van der Waals surface area contributed by atoms with E-state index in [1.165, 1.54) is 48.9 Å². The van der Waals surface area contributed by atoms with Gasteiger partial charge in [-0.15, -0.1) is 0 Å². The molecule has 1 fully saturated rings. The van der Waals surface area contributed by atoms with E-state index in [1.807, 2.05) is 6.07 Å². The van der Waals surface area contributed by atoms with Gasteiger partial charge in [0.25, 0.3) is 0 Å². The van der Waals surface area contributed by atoms with Crippen LogP contribution < -0.4 is 19.5 Å². The fraction of sp³-hybridized carbons (Fsp3) is 0.321. The van der Waals surface area contributed by atoms with Crippen LogP contribution in [-0.2, 0) is 42.5 Å². The maximum Gasteiger partial charge on any atom is 0.243 e. The second kappa shape index (κ2) is 13.4. The third-order valence-electron chi connectivity index (χ3n) is 6.56. The molecule has 3 aromatic carbocycles. The molecule has 0 spiro atoms. The predicted octanol–water partition coefficient (Wildman–Crippen LogP) is 1.93. The number of benzene rings is 3. The fourth-order valence-electron chi connectivity index (χ4n) is 4.30. The number of methoxy groups -OCH3 is 2. The van der Waals surface area contributed by atoms with Gasteiger partial charge in [0.2, 0.25) is 26.0 Å².